The number of hydrogen-bond donors (Lipinski definition) is 6. The summed E-state index contributed by atoms with van der Waals surface area (Å²) in [5, 5.41) is 32.4. The van der Waals surface area contributed by atoms with E-state index in [1.165, 1.54) is 11.8 Å². The van der Waals surface area contributed by atoms with Crippen LogP contribution in [0.2, 0.25) is 0 Å². The second kappa shape index (κ2) is 10.9. The Morgan fingerprint density at radius 2 is 1.67 bits per heavy atom. The molecule has 0 aromatic carbocycles. The number of carboxylic acids is 2. The normalized spacial score (nSPS) is 20.2. The zero-order valence-corrected chi connectivity index (χ0v) is 17.2. The van der Waals surface area contributed by atoms with Gasteiger partial charge in [-0.15, -0.1) is 0 Å². The SMILES string of the molecule is CC(C)C(NC(=O)C(CC(=O)O)NC(=O)C(N)C(C)O)C(=O)N1CCCC1C(=O)O. The molecule has 170 valence electrons. The number of amides is 3. The average molecular weight is 430 g/mol. The number of likely N-dealkylation sites (tertiary alicyclic amines) is 1. The molecule has 5 unspecified atom stereocenters. The largest absolute Gasteiger partial charge is 0.481 e. The second-order valence-corrected chi connectivity index (χ2v) is 7.68. The second-order valence-electron chi connectivity index (χ2n) is 7.68. The quantitative estimate of drug-likeness (QED) is 0.224. The van der Waals surface area contributed by atoms with Crippen LogP contribution in [0.15, 0.2) is 0 Å². The van der Waals surface area contributed by atoms with Gasteiger partial charge in [-0.05, 0) is 25.7 Å². The molecule has 1 aliphatic heterocycles. The van der Waals surface area contributed by atoms with E-state index >= 15 is 0 Å². The van der Waals surface area contributed by atoms with E-state index < -0.39 is 72.3 Å². The smallest absolute Gasteiger partial charge is 0.326 e. The van der Waals surface area contributed by atoms with Crippen molar-refractivity contribution >= 4 is 29.7 Å². The molecule has 30 heavy (non-hydrogen) atoms. The lowest BCUT2D eigenvalue weighted by Crippen LogP contribution is -2.59. The van der Waals surface area contributed by atoms with Crippen molar-refractivity contribution in [3.8, 4) is 0 Å². The van der Waals surface area contributed by atoms with Crippen molar-refractivity contribution < 1.29 is 39.3 Å². The molecular weight excluding hydrogens is 400 g/mol. The highest BCUT2D eigenvalue weighted by molar-refractivity contribution is 5.96. The standard InChI is InChI=1S/C18H30N4O8/c1-8(2)14(17(28)22-6-4-5-11(22)18(29)30)21-15(26)10(7-12(24)25)20-16(27)13(19)9(3)23/h8-11,13-14,23H,4-7,19H2,1-3H3,(H,20,27)(H,21,26)(H,24,25)(H,29,30). The van der Waals surface area contributed by atoms with Crippen LogP contribution in [0.3, 0.4) is 0 Å². The van der Waals surface area contributed by atoms with Gasteiger partial charge >= 0.3 is 11.9 Å². The number of carbonyl (C=O) groups is 5. The van der Waals surface area contributed by atoms with Crippen LogP contribution in [0, 0.1) is 5.92 Å². The number of aliphatic hydroxyl groups excluding tert-OH is 1. The number of aliphatic hydroxyl groups is 1. The van der Waals surface area contributed by atoms with Crippen molar-refractivity contribution in [2.45, 2.75) is 70.3 Å². The van der Waals surface area contributed by atoms with Gasteiger partial charge in [-0.1, -0.05) is 13.8 Å². The first-order valence-corrected chi connectivity index (χ1v) is 9.66. The zero-order chi connectivity index (χ0) is 23.2. The van der Waals surface area contributed by atoms with E-state index in [9.17, 15) is 34.2 Å². The molecule has 1 heterocycles. The lowest BCUT2D eigenvalue weighted by atomic mass is 10.0. The van der Waals surface area contributed by atoms with E-state index in [-0.39, 0.29) is 6.54 Å². The summed E-state index contributed by atoms with van der Waals surface area (Å²) in [5.74, 6) is -5.40. The molecule has 0 aromatic heterocycles. The third-order valence-corrected chi connectivity index (χ3v) is 4.89. The summed E-state index contributed by atoms with van der Waals surface area (Å²) < 4.78 is 0. The van der Waals surface area contributed by atoms with Gasteiger partial charge in [0.15, 0.2) is 0 Å². The predicted octanol–water partition coefficient (Wildman–Crippen LogP) is -2.13. The molecule has 7 N–H and O–H groups in total. The highest BCUT2D eigenvalue weighted by atomic mass is 16.4. The van der Waals surface area contributed by atoms with Gasteiger partial charge in [0.2, 0.25) is 17.7 Å². The molecule has 1 aliphatic rings. The van der Waals surface area contributed by atoms with Crippen LogP contribution >= 0.6 is 0 Å². The van der Waals surface area contributed by atoms with Crippen LogP contribution in [0.25, 0.3) is 0 Å². The molecule has 0 bridgehead atoms. The Hall–Kier alpha value is -2.73. The molecule has 3 amide bonds. The summed E-state index contributed by atoms with van der Waals surface area (Å²) in [5.41, 5.74) is 5.51. The van der Waals surface area contributed by atoms with Crippen LogP contribution in [-0.2, 0) is 24.0 Å². The van der Waals surface area contributed by atoms with E-state index in [0.717, 1.165) is 0 Å². The Balaban J connectivity index is 2.98. The van der Waals surface area contributed by atoms with Gasteiger partial charge in [0.25, 0.3) is 0 Å². The molecule has 0 saturated carbocycles. The van der Waals surface area contributed by atoms with Gasteiger partial charge in [0.05, 0.1) is 12.5 Å². The molecule has 12 nitrogen and oxygen atoms in total. The van der Waals surface area contributed by atoms with Gasteiger partial charge in [0, 0.05) is 6.54 Å². The summed E-state index contributed by atoms with van der Waals surface area (Å²) in [6.45, 7) is 4.78. The van der Waals surface area contributed by atoms with Gasteiger partial charge < -0.3 is 36.6 Å². The van der Waals surface area contributed by atoms with Crippen LogP contribution in [0.1, 0.15) is 40.0 Å². The zero-order valence-electron chi connectivity index (χ0n) is 17.2. The highest BCUT2D eigenvalue weighted by Gasteiger charge is 2.39. The summed E-state index contributed by atoms with van der Waals surface area (Å²) in [6, 6.07) is -5.02. The number of nitrogens with one attached hydrogen (secondary N) is 2. The van der Waals surface area contributed by atoms with Gasteiger partial charge in [-0.2, -0.15) is 0 Å². The minimum atomic E-state index is -1.54. The van der Waals surface area contributed by atoms with E-state index in [4.69, 9.17) is 10.8 Å². The van der Waals surface area contributed by atoms with Gasteiger partial charge in [-0.3, -0.25) is 19.2 Å². The molecule has 1 rings (SSSR count). The molecular formula is C18H30N4O8. The van der Waals surface area contributed by atoms with E-state index in [1.54, 1.807) is 13.8 Å². The Kier molecular flexibility index (Phi) is 9.18. The Morgan fingerprint density at radius 1 is 1.07 bits per heavy atom. The van der Waals surface area contributed by atoms with Crippen molar-refractivity contribution in [1.82, 2.24) is 15.5 Å². The van der Waals surface area contributed by atoms with E-state index in [2.05, 4.69) is 10.6 Å². The molecule has 1 fully saturated rings. The Labute approximate surface area is 173 Å². The molecule has 0 aromatic rings. The Morgan fingerprint density at radius 3 is 2.13 bits per heavy atom. The topological polar surface area (TPSA) is 199 Å². The number of rotatable bonds is 10. The number of nitrogens with two attached hydrogens (primary N) is 1. The maximum Gasteiger partial charge on any atom is 0.326 e. The fourth-order valence-electron chi connectivity index (χ4n) is 3.10. The monoisotopic (exact) mass is 430 g/mol. The van der Waals surface area contributed by atoms with Crippen LogP contribution in [0.4, 0.5) is 0 Å². The maximum atomic E-state index is 12.9. The number of carbonyl (C=O) groups excluding carboxylic acids is 3. The summed E-state index contributed by atoms with van der Waals surface area (Å²) in [7, 11) is 0. The first kappa shape index (κ1) is 25.3. The third kappa shape index (κ3) is 6.66. The van der Waals surface area contributed by atoms with Crippen molar-refractivity contribution in [3.05, 3.63) is 0 Å². The minimum Gasteiger partial charge on any atom is -0.481 e. The first-order chi connectivity index (χ1) is 13.9. The molecule has 0 spiro atoms. The molecule has 0 aliphatic carbocycles. The lowest BCUT2D eigenvalue weighted by Gasteiger charge is -2.30. The van der Waals surface area contributed by atoms with Crippen molar-refractivity contribution in [2.75, 3.05) is 6.54 Å². The van der Waals surface area contributed by atoms with Crippen molar-refractivity contribution in [3.63, 3.8) is 0 Å². The summed E-state index contributed by atoms with van der Waals surface area (Å²) >= 11 is 0. The van der Waals surface area contributed by atoms with E-state index in [0.29, 0.717) is 12.8 Å². The first-order valence-electron chi connectivity index (χ1n) is 9.66. The average Bonchev–Trinajstić information content (AvgIpc) is 3.13. The summed E-state index contributed by atoms with van der Waals surface area (Å²) in [6.07, 6.45) is -1.19. The predicted molar refractivity (Wildman–Crippen MR) is 103 cm³/mol. The number of nitrogens with zero attached hydrogens (tertiary/aromatic N) is 1. The Bertz CT molecular complexity index is 681. The molecule has 1 saturated heterocycles. The number of hydrogen-bond acceptors (Lipinski definition) is 7. The van der Waals surface area contributed by atoms with Crippen LogP contribution < -0.4 is 16.4 Å². The highest BCUT2D eigenvalue weighted by Crippen LogP contribution is 2.20. The number of aliphatic carboxylic acids is 2. The summed E-state index contributed by atoms with van der Waals surface area (Å²) in [4.78, 5) is 61.3. The molecule has 12 heteroatoms. The fraction of sp³-hybridized carbons (Fsp3) is 0.722. The van der Waals surface area contributed by atoms with Crippen LogP contribution in [-0.4, -0.2) is 86.7 Å². The van der Waals surface area contributed by atoms with Crippen molar-refractivity contribution in [1.29, 1.82) is 0 Å². The fourth-order valence-corrected chi connectivity index (χ4v) is 3.10. The maximum absolute atomic E-state index is 12.9. The minimum absolute atomic E-state index is 0.230. The van der Waals surface area contributed by atoms with Crippen LogP contribution in [0.5, 0.6) is 0 Å². The molecule has 0 radical (unpaired) electrons. The van der Waals surface area contributed by atoms with Gasteiger partial charge in [-0.25, -0.2) is 4.79 Å². The number of carboxylic acid groups (broad SMARTS) is 2. The third-order valence-electron chi connectivity index (χ3n) is 4.89. The van der Waals surface area contributed by atoms with Crippen molar-refractivity contribution in [2.24, 2.45) is 11.7 Å². The van der Waals surface area contributed by atoms with E-state index in [1.807, 2.05) is 0 Å². The lowest BCUT2D eigenvalue weighted by molar-refractivity contribution is -0.150. The molecule has 5 atom stereocenters. The van der Waals surface area contributed by atoms with Gasteiger partial charge in [0.1, 0.15) is 24.2 Å².